The zero-order valence-electron chi connectivity index (χ0n) is 14.7. The summed E-state index contributed by atoms with van der Waals surface area (Å²) in [4.78, 5) is 20.6. The van der Waals surface area contributed by atoms with Gasteiger partial charge in [0.2, 0.25) is 0 Å². The molecule has 0 atom stereocenters. The molecule has 3 aromatic rings. The molecular formula is C20H17F3N4O. The van der Waals surface area contributed by atoms with Crippen LogP contribution in [0.25, 0.3) is 0 Å². The van der Waals surface area contributed by atoms with E-state index in [-0.39, 0.29) is 5.56 Å². The highest BCUT2D eigenvalue weighted by atomic mass is 19.4. The maximum absolute atomic E-state index is 12.8. The average molecular weight is 386 g/mol. The first-order chi connectivity index (χ1) is 13.4. The molecule has 5 nitrogen and oxygen atoms in total. The summed E-state index contributed by atoms with van der Waals surface area (Å²) in [6, 6.07) is 11.3. The summed E-state index contributed by atoms with van der Waals surface area (Å²) in [6.45, 7) is 0.551. The van der Waals surface area contributed by atoms with Crippen LogP contribution in [0.1, 0.15) is 21.5 Å². The second kappa shape index (κ2) is 8.51. The van der Waals surface area contributed by atoms with E-state index in [1.807, 2.05) is 12.1 Å². The van der Waals surface area contributed by atoms with Gasteiger partial charge in [0, 0.05) is 30.7 Å². The SMILES string of the molecule is O=C(Nc1cccnc1NCCc1cccnc1)c1cccc(C(F)(F)F)c1. The Morgan fingerprint density at radius 3 is 2.61 bits per heavy atom. The Morgan fingerprint density at radius 1 is 1.04 bits per heavy atom. The quantitative estimate of drug-likeness (QED) is 0.659. The average Bonchev–Trinajstić information content (AvgIpc) is 2.69. The highest BCUT2D eigenvalue weighted by molar-refractivity contribution is 6.05. The van der Waals surface area contributed by atoms with Crippen LogP contribution < -0.4 is 10.6 Å². The summed E-state index contributed by atoms with van der Waals surface area (Å²) in [5, 5.41) is 5.73. The predicted molar refractivity (Wildman–Crippen MR) is 100 cm³/mol. The molecule has 0 spiro atoms. The Hall–Kier alpha value is -3.42. The first-order valence-electron chi connectivity index (χ1n) is 8.50. The van der Waals surface area contributed by atoms with Crippen LogP contribution in [0.2, 0.25) is 0 Å². The van der Waals surface area contributed by atoms with Crippen molar-refractivity contribution in [3.8, 4) is 0 Å². The van der Waals surface area contributed by atoms with Crippen molar-refractivity contribution in [3.63, 3.8) is 0 Å². The van der Waals surface area contributed by atoms with E-state index in [2.05, 4.69) is 20.6 Å². The molecule has 0 aliphatic carbocycles. The van der Waals surface area contributed by atoms with Crippen molar-refractivity contribution < 1.29 is 18.0 Å². The van der Waals surface area contributed by atoms with Crippen molar-refractivity contribution in [1.82, 2.24) is 9.97 Å². The fourth-order valence-electron chi connectivity index (χ4n) is 2.55. The number of pyridine rings is 2. The van der Waals surface area contributed by atoms with E-state index in [1.165, 1.54) is 12.1 Å². The molecule has 1 aromatic carbocycles. The number of benzene rings is 1. The molecule has 144 valence electrons. The summed E-state index contributed by atoms with van der Waals surface area (Å²) in [5.74, 6) is -0.207. The summed E-state index contributed by atoms with van der Waals surface area (Å²) < 4.78 is 38.5. The van der Waals surface area contributed by atoms with Crippen LogP contribution >= 0.6 is 0 Å². The monoisotopic (exact) mass is 386 g/mol. The molecule has 0 fully saturated rings. The van der Waals surface area contributed by atoms with Crippen LogP contribution in [-0.4, -0.2) is 22.4 Å². The third kappa shape index (κ3) is 5.06. The third-order valence-corrected chi connectivity index (χ3v) is 3.94. The highest BCUT2D eigenvalue weighted by Gasteiger charge is 2.30. The minimum atomic E-state index is -4.51. The zero-order chi connectivity index (χ0) is 20.0. The normalized spacial score (nSPS) is 11.1. The topological polar surface area (TPSA) is 66.9 Å². The van der Waals surface area contributed by atoms with Gasteiger partial charge in [0.05, 0.1) is 11.3 Å². The van der Waals surface area contributed by atoms with E-state index in [1.54, 1.807) is 30.7 Å². The number of alkyl halides is 3. The highest BCUT2D eigenvalue weighted by Crippen LogP contribution is 2.29. The fraction of sp³-hybridized carbons (Fsp3) is 0.150. The van der Waals surface area contributed by atoms with Crippen molar-refractivity contribution in [2.45, 2.75) is 12.6 Å². The maximum atomic E-state index is 12.8. The summed E-state index contributed by atoms with van der Waals surface area (Å²) in [6.07, 6.45) is 1.20. The molecule has 2 N–H and O–H groups in total. The van der Waals surface area contributed by atoms with Gasteiger partial charge in [0.25, 0.3) is 5.91 Å². The van der Waals surface area contributed by atoms with Gasteiger partial charge in [0.1, 0.15) is 5.82 Å². The second-order valence-electron chi connectivity index (χ2n) is 5.97. The lowest BCUT2D eigenvalue weighted by Crippen LogP contribution is -2.16. The number of halogens is 3. The summed E-state index contributed by atoms with van der Waals surface area (Å²) in [7, 11) is 0. The molecule has 2 heterocycles. The minimum absolute atomic E-state index is 0.0833. The molecule has 2 aromatic heterocycles. The number of anilines is 2. The van der Waals surface area contributed by atoms with Gasteiger partial charge in [0.15, 0.2) is 0 Å². The number of hydrogen-bond acceptors (Lipinski definition) is 4. The number of rotatable bonds is 6. The number of nitrogens with one attached hydrogen (secondary N) is 2. The maximum Gasteiger partial charge on any atom is 0.416 e. The van der Waals surface area contributed by atoms with Crippen LogP contribution in [0.3, 0.4) is 0 Å². The van der Waals surface area contributed by atoms with E-state index in [0.29, 0.717) is 24.5 Å². The number of aromatic nitrogens is 2. The Bertz CT molecular complexity index is 945. The van der Waals surface area contributed by atoms with Gasteiger partial charge in [-0.1, -0.05) is 12.1 Å². The summed E-state index contributed by atoms with van der Waals surface area (Å²) >= 11 is 0. The molecule has 0 aliphatic rings. The molecule has 28 heavy (non-hydrogen) atoms. The Labute approximate surface area is 159 Å². The first kappa shape index (κ1) is 19.3. The predicted octanol–water partition coefficient (Wildman–Crippen LogP) is 4.40. The van der Waals surface area contributed by atoms with E-state index < -0.39 is 17.6 Å². The molecular weight excluding hydrogens is 369 g/mol. The van der Waals surface area contributed by atoms with Gasteiger partial charge >= 0.3 is 6.18 Å². The second-order valence-corrected chi connectivity index (χ2v) is 5.97. The van der Waals surface area contributed by atoms with E-state index >= 15 is 0 Å². The molecule has 0 unspecified atom stereocenters. The van der Waals surface area contributed by atoms with Crippen LogP contribution in [-0.2, 0) is 12.6 Å². The van der Waals surface area contributed by atoms with Crippen molar-refractivity contribution in [2.24, 2.45) is 0 Å². The molecule has 8 heteroatoms. The van der Waals surface area contributed by atoms with Gasteiger partial charge < -0.3 is 10.6 Å². The Morgan fingerprint density at radius 2 is 1.86 bits per heavy atom. The molecule has 3 rings (SSSR count). The third-order valence-electron chi connectivity index (χ3n) is 3.94. The minimum Gasteiger partial charge on any atom is -0.368 e. The van der Waals surface area contributed by atoms with E-state index in [9.17, 15) is 18.0 Å². The van der Waals surface area contributed by atoms with E-state index in [0.717, 1.165) is 17.7 Å². The van der Waals surface area contributed by atoms with Crippen LogP contribution in [0.4, 0.5) is 24.7 Å². The molecule has 0 radical (unpaired) electrons. The van der Waals surface area contributed by atoms with Crippen molar-refractivity contribution >= 4 is 17.4 Å². The van der Waals surface area contributed by atoms with Gasteiger partial charge in [-0.15, -0.1) is 0 Å². The lowest BCUT2D eigenvalue weighted by atomic mass is 10.1. The molecule has 0 aliphatic heterocycles. The van der Waals surface area contributed by atoms with Gasteiger partial charge in [-0.05, 0) is 48.4 Å². The summed E-state index contributed by atoms with van der Waals surface area (Å²) in [5.41, 5.74) is 0.470. The lowest BCUT2D eigenvalue weighted by molar-refractivity contribution is -0.137. The lowest BCUT2D eigenvalue weighted by Gasteiger charge is -2.13. The van der Waals surface area contributed by atoms with Crippen molar-refractivity contribution in [2.75, 3.05) is 17.2 Å². The molecule has 0 bridgehead atoms. The van der Waals surface area contributed by atoms with E-state index in [4.69, 9.17) is 0 Å². The van der Waals surface area contributed by atoms with Gasteiger partial charge in [-0.25, -0.2) is 4.98 Å². The largest absolute Gasteiger partial charge is 0.416 e. The number of carbonyl (C=O) groups is 1. The molecule has 0 saturated carbocycles. The molecule has 1 amide bonds. The standard InChI is InChI=1S/C20H17F3N4O/c21-20(22,23)16-6-1-5-15(12-16)19(28)27-17-7-3-10-25-18(17)26-11-8-14-4-2-9-24-13-14/h1-7,9-10,12-13H,8,11H2,(H,25,26)(H,27,28). The fourth-order valence-corrected chi connectivity index (χ4v) is 2.55. The van der Waals surface area contributed by atoms with Gasteiger partial charge in [-0.3, -0.25) is 9.78 Å². The first-order valence-corrected chi connectivity index (χ1v) is 8.50. The number of carbonyl (C=O) groups excluding carboxylic acids is 1. The van der Waals surface area contributed by atoms with Gasteiger partial charge in [-0.2, -0.15) is 13.2 Å². The van der Waals surface area contributed by atoms with Crippen molar-refractivity contribution in [3.05, 3.63) is 83.8 Å². The van der Waals surface area contributed by atoms with Crippen molar-refractivity contribution in [1.29, 1.82) is 0 Å². The molecule has 0 saturated heterocycles. The number of hydrogen-bond donors (Lipinski definition) is 2. The van der Waals surface area contributed by atoms with Crippen LogP contribution in [0, 0.1) is 0 Å². The smallest absolute Gasteiger partial charge is 0.368 e. The number of nitrogens with zero attached hydrogens (tertiary/aromatic N) is 2. The Kier molecular flexibility index (Phi) is 5.88. The van der Waals surface area contributed by atoms with Crippen LogP contribution in [0.5, 0.6) is 0 Å². The Balaban J connectivity index is 1.68. The number of amides is 1. The zero-order valence-corrected chi connectivity index (χ0v) is 14.7. The van der Waals surface area contributed by atoms with Crippen LogP contribution in [0.15, 0.2) is 67.1 Å².